The van der Waals surface area contributed by atoms with E-state index in [0.717, 1.165) is 0 Å². The summed E-state index contributed by atoms with van der Waals surface area (Å²) in [5.74, 6) is -3.68. The molecule has 1 rings (SSSR count). The number of esters is 1. The van der Waals surface area contributed by atoms with Crippen LogP contribution >= 0.6 is 0 Å². The van der Waals surface area contributed by atoms with Gasteiger partial charge in [0.1, 0.15) is 6.61 Å². The van der Waals surface area contributed by atoms with E-state index in [1.165, 1.54) is 4.89 Å². The summed E-state index contributed by atoms with van der Waals surface area (Å²) in [5, 5.41) is 0. The summed E-state index contributed by atoms with van der Waals surface area (Å²) in [5.41, 5.74) is 0.647. The average molecular weight is 370 g/mol. The predicted molar refractivity (Wildman–Crippen MR) is 73.1 cm³/mol. The molecule has 24 heavy (non-hydrogen) atoms. The second kappa shape index (κ2) is 8.61. The summed E-state index contributed by atoms with van der Waals surface area (Å²) >= 11 is 0. The molecule has 0 aromatic heterocycles. The Hall–Kier alpha value is -2.18. The number of halogens is 3. The maximum atomic E-state index is 11.8. The SMILES string of the molecule is O=C(CCOC(=O)C(F)(F)F)ONS(=O)(=O)NCc1ccccc1. The molecular weight excluding hydrogens is 357 g/mol. The van der Waals surface area contributed by atoms with Crippen LogP contribution in [0, 0.1) is 0 Å². The highest BCUT2D eigenvalue weighted by Gasteiger charge is 2.40. The average Bonchev–Trinajstić information content (AvgIpc) is 2.51. The highest BCUT2D eigenvalue weighted by molar-refractivity contribution is 7.87. The van der Waals surface area contributed by atoms with Crippen molar-refractivity contribution in [2.75, 3.05) is 6.61 Å². The van der Waals surface area contributed by atoms with E-state index >= 15 is 0 Å². The van der Waals surface area contributed by atoms with Gasteiger partial charge in [0, 0.05) is 6.54 Å². The van der Waals surface area contributed by atoms with Crippen LogP contribution in [0.4, 0.5) is 13.2 Å². The Balaban J connectivity index is 2.28. The molecule has 0 spiro atoms. The van der Waals surface area contributed by atoms with Crippen LogP contribution in [0.5, 0.6) is 0 Å². The molecule has 0 saturated carbocycles. The van der Waals surface area contributed by atoms with Crippen LogP contribution in [0.1, 0.15) is 12.0 Å². The quantitative estimate of drug-likeness (QED) is 0.511. The van der Waals surface area contributed by atoms with E-state index in [1.807, 2.05) is 0 Å². The summed E-state index contributed by atoms with van der Waals surface area (Å²) in [6, 6.07) is 8.44. The van der Waals surface area contributed by atoms with E-state index in [1.54, 1.807) is 30.3 Å². The normalized spacial score (nSPS) is 11.8. The van der Waals surface area contributed by atoms with Crippen LogP contribution in [-0.4, -0.2) is 33.1 Å². The number of hydrogen-bond acceptors (Lipinski definition) is 6. The van der Waals surface area contributed by atoms with E-state index < -0.39 is 41.4 Å². The van der Waals surface area contributed by atoms with Crippen LogP contribution in [0.25, 0.3) is 0 Å². The molecule has 0 aliphatic heterocycles. The molecule has 134 valence electrons. The number of rotatable bonds is 8. The summed E-state index contributed by atoms with van der Waals surface area (Å²) in [6.07, 6.45) is -5.93. The van der Waals surface area contributed by atoms with Crippen molar-refractivity contribution in [2.45, 2.75) is 19.1 Å². The minimum atomic E-state index is -5.17. The maximum Gasteiger partial charge on any atom is 0.490 e. The van der Waals surface area contributed by atoms with Crippen molar-refractivity contribution < 1.29 is 40.8 Å². The number of nitrogens with one attached hydrogen (secondary N) is 2. The second-order valence-electron chi connectivity index (χ2n) is 4.25. The lowest BCUT2D eigenvalue weighted by Gasteiger charge is -2.09. The van der Waals surface area contributed by atoms with Gasteiger partial charge in [-0.05, 0) is 10.4 Å². The zero-order valence-corrected chi connectivity index (χ0v) is 12.8. The van der Waals surface area contributed by atoms with Crippen LogP contribution < -0.4 is 9.61 Å². The summed E-state index contributed by atoms with van der Waals surface area (Å²) in [6.45, 7) is -0.979. The minimum absolute atomic E-state index is 0.0725. The van der Waals surface area contributed by atoms with Gasteiger partial charge in [0.2, 0.25) is 0 Å². The predicted octanol–water partition coefficient (Wildman–Crippen LogP) is 0.564. The molecule has 0 saturated heterocycles. The first-order valence-electron chi connectivity index (χ1n) is 6.34. The smallest absolute Gasteiger partial charge is 0.458 e. The maximum absolute atomic E-state index is 11.8. The monoisotopic (exact) mass is 370 g/mol. The third-order valence-corrected chi connectivity index (χ3v) is 3.17. The van der Waals surface area contributed by atoms with E-state index in [0.29, 0.717) is 5.56 Å². The molecule has 0 fully saturated rings. The zero-order chi connectivity index (χ0) is 18.2. The van der Waals surface area contributed by atoms with Gasteiger partial charge in [-0.25, -0.2) is 4.79 Å². The van der Waals surface area contributed by atoms with Crippen molar-refractivity contribution >= 4 is 22.1 Å². The molecular formula is C12H13F3N2O6S. The van der Waals surface area contributed by atoms with E-state index in [-0.39, 0.29) is 6.54 Å². The van der Waals surface area contributed by atoms with Gasteiger partial charge in [0.15, 0.2) is 0 Å². The van der Waals surface area contributed by atoms with Gasteiger partial charge in [0.25, 0.3) is 0 Å². The van der Waals surface area contributed by atoms with E-state index in [9.17, 15) is 31.2 Å². The summed E-state index contributed by atoms with van der Waals surface area (Å²) in [7, 11) is -4.17. The van der Waals surface area contributed by atoms with Gasteiger partial charge >= 0.3 is 28.3 Å². The van der Waals surface area contributed by atoms with Crippen molar-refractivity contribution in [3.05, 3.63) is 35.9 Å². The van der Waals surface area contributed by atoms with Crippen LogP contribution in [0.3, 0.4) is 0 Å². The molecule has 8 nitrogen and oxygen atoms in total. The minimum Gasteiger partial charge on any atom is -0.458 e. The number of carbonyl (C=O) groups excluding carboxylic acids is 2. The first-order chi connectivity index (χ1) is 11.1. The van der Waals surface area contributed by atoms with Crippen molar-refractivity contribution in [1.82, 2.24) is 9.61 Å². The Labute approximate surface area is 135 Å². The van der Waals surface area contributed by atoms with Crippen molar-refractivity contribution in [3.8, 4) is 0 Å². The molecule has 0 radical (unpaired) electrons. The van der Waals surface area contributed by atoms with Crippen LogP contribution in [0.15, 0.2) is 30.3 Å². The van der Waals surface area contributed by atoms with Crippen LogP contribution in [0.2, 0.25) is 0 Å². The second-order valence-corrected chi connectivity index (χ2v) is 5.71. The van der Waals surface area contributed by atoms with Crippen molar-refractivity contribution in [1.29, 1.82) is 0 Å². The molecule has 2 N–H and O–H groups in total. The van der Waals surface area contributed by atoms with Gasteiger partial charge in [-0.1, -0.05) is 30.3 Å². The molecule has 0 bridgehead atoms. The molecule has 0 atom stereocenters. The lowest BCUT2D eigenvalue weighted by Crippen LogP contribution is -2.37. The van der Waals surface area contributed by atoms with Crippen LogP contribution in [-0.2, 0) is 35.9 Å². The third kappa shape index (κ3) is 7.89. The molecule has 0 unspecified atom stereocenters. The first-order valence-corrected chi connectivity index (χ1v) is 7.82. The number of ether oxygens (including phenoxy) is 1. The van der Waals surface area contributed by atoms with E-state index in [2.05, 4.69) is 14.3 Å². The molecule has 0 aliphatic rings. The highest BCUT2D eigenvalue weighted by Crippen LogP contribution is 2.16. The third-order valence-electron chi connectivity index (χ3n) is 2.35. The molecule has 12 heteroatoms. The Morgan fingerprint density at radius 2 is 1.75 bits per heavy atom. The largest absolute Gasteiger partial charge is 0.490 e. The Kier molecular flexibility index (Phi) is 7.13. The zero-order valence-electron chi connectivity index (χ0n) is 12.0. The first kappa shape index (κ1) is 19.9. The summed E-state index contributed by atoms with van der Waals surface area (Å²) in [4.78, 5) is 27.1. The topological polar surface area (TPSA) is 111 Å². The van der Waals surface area contributed by atoms with Gasteiger partial charge in [-0.2, -0.15) is 26.3 Å². The van der Waals surface area contributed by atoms with Crippen molar-refractivity contribution in [2.24, 2.45) is 0 Å². The Morgan fingerprint density at radius 3 is 2.33 bits per heavy atom. The fraction of sp³-hybridized carbons (Fsp3) is 0.333. The molecule has 1 aromatic rings. The van der Waals surface area contributed by atoms with Gasteiger partial charge in [-0.15, -0.1) is 0 Å². The Bertz CT molecular complexity index is 663. The fourth-order valence-electron chi connectivity index (χ4n) is 1.26. The van der Waals surface area contributed by atoms with E-state index in [4.69, 9.17) is 0 Å². The van der Waals surface area contributed by atoms with Gasteiger partial charge in [-0.3, -0.25) is 4.79 Å². The number of alkyl halides is 3. The molecule has 1 aromatic carbocycles. The highest BCUT2D eigenvalue weighted by atomic mass is 32.2. The Morgan fingerprint density at radius 1 is 1.12 bits per heavy atom. The fourth-order valence-corrected chi connectivity index (χ4v) is 1.88. The molecule has 0 amide bonds. The molecule has 0 aliphatic carbocycles. The lowest BCUT2D eigenvalue weighted by molar-refractivity contribution is -0.200. The number of benzene rings is 1. The molecule has 0 heterocycles. The summed E-state index contributed by atoms with van der Waals surface area (Å²) < 4.78 is 64.2. The van der Waals surface area contributed by atoms with Crippen molar-refractivity contribution in [3.63, 3.8) is 0 Å². The lowest BCUT2D eigenvalue weighted by atomic mass is 10.2. The number of hydrogen-bond donors (Lipinski definition) is 2. The van der Waals surface area contributed by atoms with Gasteiger partial charge < -0.3 is 9.57 Å². The standard InChI is InChI=1S/C12H13F3N2O6S/c13-12(14,15)11(19)22-7-6-10(18)23-17-24(20,21)16-8-9-4-2-1-3-5-9/h1-5,16-17H,6-8H2. The number of carbonyl (C=O) groups is 2. The van der Waals surface area contributed by atoms with Gasteiger partial charge in [0.05, 0.1) is 6.42 Å².